The van der Waals surface area contributed by atoms with Gasteiger partial charge in [-0.2, -0.15) is 0 Å². The van der Waals surface area contributed by atoms with E-state index in [1.807, 2.05) is 30.3 Å². The van der Waals surface area contributed by atoms with E-state index in [-0.39, 0.29) is 24.1 Å². The number of ether oxygens (including phenoxy) is 1. The number of nitrogens with zero attached hydrogens (tertiary/aromatic N) is 5. The van der Waals surface area contributed by atoms with Crippen LogP contribution in [0.15, 0.2) is 49.2 Å². The molecule has 0 bridgehead atoms. The molecule has 57 heavy (non-hydrogen) atoms. The van der Waals surface area contributed by atoms with Crippen molar-refractivity contribution in [1.82, 2.24) is 30.1 Å². The van der Waals surface area contributed by atoms with Crippen LogP contribution in [0.3, 0.4) is 0 Å². The SMILES string of the molecule is C=C1c2cccc(NCCC3CC4(C3)CN(CC3CCC(c5nc6cc(OC)c(NC(=O)c7ccnc(C)n7)cc6s5)CC3)C4)c2C(=O)N1C1CCC(=O)NC1=O. The number of hydrogen-bond donors (Lipinski definition) is 3. The molecule has 5 heterocycles. The van der Waals surface area contributed by atoms with Crippen molar-refractivity contribution >= 4 is 62.3 Å². The maximum atomic E-state index is 13.6. The van der Waals surface area contributed by atoms with E-state index in [2.05, 4.69) is 37.4 Å². The molecule has 2 saturated carbocycles. The molecule has 1 unspecified atom stereocenters. The van der Waals surface area contributed by atoms with Gasteiger partial charge in [-0.3, -0.25) is 29.4 Å². The van der Waals surface area contributed by atoms with Crippen LogP contribution in [0.4, 0.5) is 11.4 Å². The van der Waals surface area contributed by atoms with E-state index in [0.29, 0.717) is 57.9 Å². The minimum atomic E-state index is -0.721. The highest BCUT2D eigenvalue weighted by Gasteiger charge is 2.52. The molecular weight excluding hydrogens is 741 g/mol. The highest BCUT2D eigenvalue weighted by Crippen LogP contribution is 2.53. The average Bonchev–Trinajstić information content (AvgIpc) is 3.70. The van der Waals surface area contributed by atoms with Gasteiger partial charge < -0.3 is 20.3 Å². The van der Waals surface area contributed by atoms with Crippen LogP contribution in [0.25, 0.3) is 15.9 Å². The van der Waals surface area contributed by atoms with Crippen molar-refractivity contribution in [2.45, 2.75) is 76.7 Å². The van der Waals surface area contributed by atoms with Crippen molar-refractivity contribution in [3.05, 3.63) is 76.8 Å². The Bertz CT molecular complexity index is 2290. The van der Waals surface area contributed by atoms with Gasteiger partial charge in [0.25, 0.3) is 11.8 Å². The van der Waals surface area contributed by atoms with Gasteiger partial charge in [0.05, 0.1) is 33.6 Å². The maximum Gasteiger partial charge on any atom is 0.274 e. The van der Waals surface area contributed by atoms with Crippen LogP contribution in [0.2, 0.25) is 0 Å². The van der Waals surface area contributed by atoms with Crippen LogP contribution in [-0.2, 0) is 9.59 Å². The number of rotatable bonds is 11. The lowest BCUT2D eigenvalue weighted by molar-refractivity contribution is -0.136. The number of aryl methyl sites for hydroxylation is 1. The van der Waals surface area contributed by atoms with E-state index < -0.39 is 11.9 Å². The normalized spacial score (nSPS) is 23.3. The summed E-state index contributed by atoms with van der Waals surface area (Å²) in [6, 6.07) is 10.5. The molecule has 2 aliphatic carbocycles. The molecule has 2 aromatic carbocycles. The Morgan fingerprint density at radius 3 is 2.60 bits per heavy atom. The number of aromatic nitrogens is 3. The first-order valence-corrected chi connectivity index (χ1v) is 20.9. The highest BCUT2D eigenvalue weighted by molar-refractivity contribution is 7.18. The number of piperidine rings is 1. The van der Waals surface area contributed by atoms with Crippen LogP contribution in [-0.4, -0.2) is 87.7 Å². The summed E-state index contributed by atoms with van der Waals surface area (Å²) >= 11 is 1.72. The van der Waals surface area contributed by atoms with Gasteiger partial charge in [-0.05, 0) is 93.7 Å². The summed E-state index contributed by atoms with van der Waals surface area (Å²) in [7, 11) is 1.60. The van der Waals surface area contributed by atoms with Gasteiger partial charge in [-0.15, -0.1) is 11.3 Å². The molecule has 5 aliphatic rings. The number of anilines is 2. The Balaban J connectivity index is 0.716. The van der Waals surface area contributed by atoms with Gasteiger partial charge in [0, 0.05) is 67.7 Å². The first-order valence-electron chi connectivity index (χ1n) is 20.1. The molecule has 0 radical (unpaired) electrons. The Hall–Kier alpha value is -5.21. The van der Waals surface area contributed by atoms with Crippen molar-refractivity contribution < 1.29 is 23.9 Å². The van der Waals surface area contributed by atoms with Gasteiger partial charge in [0.15, 0.2) is 0 Å². The summed E-state index contributed by atoms with van der Waals surface area (Å²) in [5, 5.41) is 10.0. The molecule has 4 aromatic rings. The van der Waals surface area contributed by atoms with Crippen LogP contribution < -0.4 is 20.7 Å². The number of likely N-dealkylation sites (tertiary alicyclic amines) is 1. The van der Waals surface area contributed by atoms with Gasteiger partial charge in [0.2, 0.25) is 11.8 Å². The van der Waals surface area contributed by atoms with Crippen molar-refractivity contribution in [1.29, 1.82) is 0 Å². The number of carbonyl (C=O) groups excluding carboxylic acids is 4. The zero-order valence-electron chi connectivity index (χ0n) is 32.4. The second kappa shape index (κ2) is 14.9. The van der Waals surface area contributed by atoms with Crippen molar-refractivity contribution in [2.75, 3.05) is 43.9 Å². The Morgan fingerprint density at radius 2 is 1.84 bits per heavy atom. The summed E-state index contributed by atoms with van der Waals surface area (Å²) in [5.74, 6) is 1.69. The molecule has 14 heteroatoms. The lowest BCUT2D eigenvalue weighted by Crippen LogP contribution is -2.63. The van der Waals surface area contributed by atoms with Crippen molar-refractivity contribution in [2.24, 2.45) is 17.3 Å². The predicted octanol–water partition coefficient (Wildman–Crippen LogP) is 6.38. The van der Waals surface area contributed by atoms with Gasteiger partial charge in [-0.25, -0.2) is 15.0 Å². The third-order valence-electron chi connectivity index (χ3n) is 12.7. The maximum absolute atomic E-state index is 13.6. The molecule has 2 saturated heterocycles. The van der Waals surface area contributed by atoms with Crippen molar-refractivity contribution in [3.8, 4) is 5.75 Å². The molecule has 1 spiro atoms. The number of carbonyl (C=O) groups is 4. The summed E-state index contributed by atoms with van der Waals surface area (Å²) in [6.45, 7) is 10.3. The molecule has 3 N–H and O–H groups in total. The number of benzene rings is 2. The van der Waals surface area contributed by atoms with Crippen LogP contribution in [0.5, 0.6) is 5.75 Å². The van der Waals surface area contributed by atoms with Crippen LogP contribution in [0, 0.1) is 24.2 Å². The molecule has 13 nitrogen and oxygen atoms in total. The standard InChI is InChI=1S/C43H48N8O5S/c1-24-29-5-4-6-30(38(29)42(55)51(24)34-11-12-37(52)49-40(34)54)45-15-13-27-19-43(20-27)22-50(23-43)21-26-7-9-28(10-8-26)41-48-33-17-35(56-3)32(18-36(33)57-41)47-39(53)31-14-16-44-25(2)46-31/h4-6,14,16-18,26-28,34,45H,1,7-13,15,19-23H2,2-3H3,(H,47,53)(H,49,52,54). The monoisotopic (exact) mass is 788 g/mol. The molecule has 296 valence electrons. The minimum absolute atomic E-state index is 0.208. The van der Waals surface area contributed by atoms with E-state index in [0.717, 1.165) is 53.2 Å². The van der Waals surface area contributed by atoms with E-state index in [9.17, 15) is 19.2 Å². The largest absolute Gasteiger partial charge is 0.494 e. The Labute approximate surface area is 335 Å². The fraction of sp³-hybridized carbons (Fsp3) is 0.465. The first-order chi connectivity index (χ1) is 27.6. The fourth-order valence-electron chi connectivity index (χ4n) is 10.0. The van der Waals surface area contributed by atoms with Gasteiger partial charge in [-0.1, -0.05) is 18.7 Å². The summed E-state index contributed by atoms with van der Waals surface area (Å²) in [6.07, 6.45) is 10.4. The second-order valence-electron chi connectivity index (χ2n) is 16.7. The van der Waals surface area contributed by atoms with Crippen molar-refractivity contribution in [3.63, 3.8) is 0 Å². The van der Waals surface area contributed by atoms with Gasteiger partial charge >= 0.3 is 0 Å². The summed E-state index contributed by atoms with van der Waals surface area (Å²) in [4.78, 5) is 68.2. The molecule has 4 fully saturated rings. The number of amides is 4. The van der Waals surface area contributed by atoms with E-state index in [1.165, 1.54) is 55.2 Å². The minimum Gasteiger partial charge on any atom is -0.494 e. The third kappa shape index (κ3) is 7.18. The predicted molar refractivity (Wildman–Crippen MR) is 218 cm³/mol. The lowest BCUT2D eigenvalue weighted by Gasteiger charge is -2.60. The van der Waals surface area contributed by atoms with Crippen LogP contribution >= 0.6 is 11.3 Å². The number of fused-ring (bicyclic) bond motifs is 2. The number of methoxy groups -OCH3 is 1. The smallest absolute Gasteiger partial charge is 0.274 e. The van der Waals surface area contributed by atoms with E-state index >= 15 is 0 Å². The quantitative estimate of drug-likeness (QED) is 0.146. The molecule has 3 aliphatic heterocycles. The number of nitrogens with one attached hydrogen (secondary N) is 3. The Morgan fingerprint density at radius 1 is 1.04 bits per heavy atom. The van der Waals surface area contributed by atoms with Gasteiger partial charge in [0.1, 0.15) is 23.3 Å². The second-order valence-corrected chi connectivity index (χ2v) is 17.8. The summed E-state index contributed by atoms with van der Waals surface area (Å²) in [5.41, 5.74) is 4.88. The number of thiazole rings is 1. The molecule has 4 amide bonds. The highest BCUT2D eigenvalue weighted by atomic mass is 32.1. The number of hydrogen-bond acceptors (Lipinski definition) is 11. The van der Waals surface area contributed by atoms with Crippen LogP contribution in [0.1, 0.15) is 101 Å². The topological polar surface area (TPSA) is 159 Å². The zero-order valence-corrected chi connectivity index (χ0v) is 33.3. The third-order valence-corrected chi connectivity index (χ3v) is 13.9. The molecule has 1 atom stereocenters. The molecular formula is C43H48N8O5S. The first kappa shape index (κ1) is 37.4. The number of imide groups is 1. The fourth-order valence-corrected chi connectivity index (χ4v) is 11.2. The summed E-state index contributed by atoms with van der Waals surface area (Å²) < 4.78 is 6.66. The molecule has 2 aromatic heterocycles. The molecule has 9 rings (SSSR count). The lowest BCUT2D eigenvalue weighted by atomic mass is 9.57. The van der Waals surface area contributed by atoms with E-state index in [4.69, 9.17) is 9.72 Å². The zero-order chi connectivity index (χ0) is 39.4. The Kier molecular flexibility index (Phi) is 9.80. The van der Waals surface area contributed by atoms with E-state index in [1.54, 1.807) is 37.6 Å². The average molecular weight is 789 g/mol.